The lowest BCUT2D eigenvalue weighted by atomic mass is 9.59. The van der Waals surface area contributed by atoms with E-state index >= 15 is 0 Å². The Kier molecular flexibility index (Phi) is 11.3. The number of fused-ring (bicyclic) bond motifs is 5. The van der Waals surface area contributed by atoms with E-state index < -0.39 is 63.7 Å². The number of carboxylic acid groups (broad SMARTS) is 1. The van der Waals surface area contributed by atoms with E-state index in [4.69, 9.17) is 5.11 Å². The van der Waals surface area contributed by atoms with Gasteiger partial charge in [-0.3, -0.25) is 9.59 Å². The fourth-order valence-corrected chi connectivity index (χ4v) is 8.39. The minimum atomic E-state index is -1.84. The Balaban J connectivity index is 0.000000263. The van der Waals surface area contributed by atoms with E-state index in [1.54, 1.807) is 26.0 Å². The molecule has 0 heterocycles. The van der Waals surface area contributed by atoms with Crippen molar-refractivity contribution in [3.05, 3.63) is 23.3 Å². The van der Waals surface area contributed by atoms with Gasteiger partial charge in [-0.1, -0.05) is 104 Å². The van der Waals surface area contributed by atoms with Gasteiger partial charge in [-0.25, -0.2) is 0 Å². The number of aliphatic hydroxyl groups excluding tert-OH is 2. The highest BCUT2D eigenvalue weighted by atomic mass is 16.4. The van der Waals surface area contributed by atoms with Gasteiger partial charge in [0.1, 0.15) is 11.2 Å². The maximum absolute atomic E-state index is 12.7. The molecule has 8 atom stereocenters. The number of unbranched alkanes of at least 4 members (excludes halogenated alkanes) is 10. The molecule has 0 aromatic rings. The second-order valence-electron chi connectivity index (χ2n) is 14.1. The number of Topliss-reactive ketones (excluding diaryl/α,β-unsaturated/α-hetero) is 1. The summed E-state index contributed by atoms with van der Waals surface area (Å²) in [5.41, 5.74) is -4.57. The quantitative estimate of drug-likeness (QED) is 0.133. The van der Waals surface area contributed by atoms with E-state index in [2.05, 4.69) is 6.92 Å². The van der Waals surface area contributed by atoms with Crippen molar-refractivity contribution in [2.24, 2.45) is 29.1 Å². The number of hydrogen-bond donors (Lipinski definition) is 6. The van der Waals surface area contributed by atoms with Crippen LogP contribution in [0.25, 0.3) is 0 Å². The molecular formula is C34H56O8. The van der Waals surface area contributed by atoms with Crippen molar-refractivity contribution in [1.29, 1.82) is 0 Å². The van der Waals surface area contributed by atoms with Crippen LogP contribution in [0.4, 0.5) is 0 Å². The molecule has 42 heavy (non-hydrogen) atoms. The maximum atomic E-state index is 12.7. The zero-order valence-corrected chi connectivity index (χ0v) is 26.4. The van der Waals surface area contributed by atoms with Crippen molar-refractivity contribution >= 4 is 11.8 Å². The van der Waals surface area contributed by atoms with Gasteiger partial charge in [-0.05, 0) is 24.5 Å². The maximum Gasteiger partial charge on any atom is 0.303 e. The molecule has 0 aliphatic heterocycles. The monoisotopic (exact) mass is 592 g/mol. The summed E-state index contributed by atoms with van der Waals surface area (Å²) >= 11 is 0. The lowest BCUT2D eigenvalue weighted by molar-refractivity contribution is -0.209. The molecule has 4 rings (SSSR count). The molecule has 240 valence electrons. The van der Waals surface area contributed by atoms with Gasteiger partial charge in [-0.15, -0.1) is 0 Å². The summed E-state index contributed by atoms with van der Waals surface area (Å²) in [6, 6.07) is 0. The van der Waals surface area contributed by atoms with Gasteiger partial charge in [0.2, 0.25) is 0 Å². The van der Waals surface area contributed by atoms with Crippen molar-refractivity contribution in [3.63, 3.8) is 0 Å². The first kappa shape index (κ1) is 34.9. The molecule has 0 bridgehead atoms. The van der Waals surface area contributed by atoms with Gasteiger partial charge in [0, 0.05) is 41.9 Å². The molecule has 0 aromatic carbocycles. The Labute approximate surface area is 251 Å². The molecular weight excluding hydrogens is 536 g/mol. The number of rotatable bonds is 13. The standard InChI is InChI=1S/C20H28O6.C14H28O2/c1-9-5-13-18(24,15(9)22)7-11(8-21)6-12-14-17(3,4)20(14,26)16(23)10(2)19(12,13)25;1-2-3-4-5-6-7-8-9-10-11-12-13-14(15)16/h5-6,10,12-14,16,21,23-26H,7-8H2,1-4H3;2-13H2,1H3,(H,15,16)/t10-,12+,13-,14-,16-,18-,19-,20-;/m1./s1. The Morgan fingerprint density at radius 3 is 1.95 bits per heavy atom. The summed E-state index contributed by atoms with van der Waals surface area (Å²) < 4.78 is 0. The summed E-state index contributed by atoms with van der Waals surface area (Å²) in [6.45, 7) is 8.88. The normalized spacial score (nSPS) is 37.8. The first-order valence-electron chi connectivity index (χ1n) is 16.3. The van der Waals surface area contributed by atoms with Crippen molar-refractivity contribution in [2.45, 2.75) is 141 Å². The highest BCUT2D eigenvalue weighted by Gasteiger charge is 2.84. The molecule has 4 aliphatic carbocycles. The van der Waals surface area contributed by atoms with Crippen molar-refractivity contribution in [3.8, 4) is 0 Å². The number of hydrogen-bond acceptors (Lipinski definition) is 7. The number of aliphatic carboxylic acids is 1. The lowest BCUT2D eigenvalue weighted by Crippen LogP contribution is -2.65. The Bertz CT molecular complexity index is 1030. The highest BCUT2D eigenvalue weighted by Crippen LogP contribution is 2.74. The van der Waals surface area contributed by atoms with Gasteiger partial charge in [0.15, 0.2) is 5.78 Å². The number of ketones is 1. The highest BCUT2D eigenvalue weighted by molar-refractivity contribution is 6.04. The summed E-state index contributed by atoms with van der Waals surface area (Å²) in [4.78, 5) is 23.0. The predicted molar refractivity (Wildman–Crippen MR) is 162 cm³/mol. The summed E-state index contributed by atoms with van der Waals surface area (Å²) in [5, 5.41) is 63.4. The van der Waals surface area contributed by atoms with E-state index in [0.29, 0.717) is 17.6 Å². The van der Waals surface area contributed by atoms with Crippen LogP contribution < -0.4 is 0 Å². The van der Waals surface area contributed by atoms with Gasteiger partial charge >= 0.3 is 5.97 Å². The van der Waals surface area contributed by atoms with Gasteiger partial charge in [0.25, 0.3) is 0 Å². The number of carbonyl (C=O) groups excluding carboxylic acids is 1. The van der Waals surface area contributed by atoms with Crippen LogP contribution in [0.3, 0.4) is 0 Å². The summed E-state index contributed by atoms with van der Waals surface area (Å²) in [5.74, 6) is -3.80. The zero-order valence-electron chi connectivity index (χ0n) is 26.4. The molecule has 0 spiro atoms. The molecule has 6 N–H and O–H groups in total. The van der Waals surface area contributed by atoms with Crippen LogP contribution in [0.2, 0.25) is 0 Å². The van der Waals surface area contributed by atoms with Gasteiger partial charge in [0.05, 0.1) is 18.3 Å². The molecule has 0 unspecified atom stereocenters. The van der Waals surface area contributed by atoms with Crippen LogP contribution in [0, 0.1) is 29.1 Å². The topological polar surface area (TPSA) is 156 Å². The molecule has 0 amide bonds. The first-order chi connectivity index (χ1) is 19.6. The Hall–Kier alpha value is -1.58. The van der Waals surface area contributed by atoms with Crippen molar-refractivity contribution in [2.75, 3.05) is 6.61 Å². The molecule has 2 fully saturated rings. The Morgan fingerprint density at radius 2 is 1.45 bits per heavy atom. The lowest BCUT2D eigenvalue weighted by Gasteiger charge is -2.51. The summed E-state index contributed by atoms with van der Waals surface area (Å²) in [6.07, 6.45) is 16.4. The minimum Gasteiger partial charge on any atom is -0.481 e. The van der Waals surface area contributed by atoms with Crippen LogP contribution in [-0.2, 0) is 9.59 Å². The van der Waals surface area contributed by atoms with Crippen LogP contribution in [-0.4, -0.2) is 71.9 Å². The average molecular weight is 593 g/mol. The van der Waals surface area contributed by atoms with E-state index in [-0.39, 0.29) is 13.0 Å². The predicted octanol–water partition coefficient (Wildman–Crippen LogP) is 4.70. The van der Waals surface area contributed by atoms with E-state index in [1.165, 1.54) is 57.8 Å². The first-order valence-corrected chi connectivity index (χ1v) is 16.3. The fourth-order valence-electron chi connectivity index (χ4n) is 8.39. The largest absolute Gasteiger partial charge is 0.481 e. The molecule has 8 heteroatoms. The van der Waals surface area contributed by atoms with Crippen LogP contribution >= 0.6 is 0 Å². The third-order valence-electron chi connectivity index (χ3n) is 11.0. The zero-order chi connectivity index (χ0) is 31.5. The molecule has 8 nitrogen and oxygen atoms in total. The third-order valence-corrected chi connectivity index (χ3v) is 11.0. The second-order valence-corrected chi connectivity index (χ2v) is 14.1. The third kappa shape index (κ3) is 6.16. The average Bonchev–Trinajstić information content (AvgIpc) is 3.34. The fraction of sp³-hybridized carbons (Fsp3) is 0.824. The SMILES string of the molecule is CC1=C[C@H]2[C@@]3(O)[C@H](C)[C@@H](O)[C@]4(O)[C@H]([C@@H]3C=C(CO)C[C@]2(O)C1=O)C4(C)C.CCCCCCCCCCCCCC(=O)O. The van der Waals surface area contributed by atoms with Crippen LogP contribution in [0.5, 0.6) is 0 Å². The molecule has 0 saturated heterocycles. The molecule has 2 saturated carbocycles. The number of aliphatic hydroxyl groups is 5. The van der Waals surface area contributed by atoms with Crippen molar-refractivity contribution < 1.29 is 40.2 Å². The number of carbonyl (C=O) groups is 2. The smallest absolute Gasteiger partial charge is 0.303 e. The van der Waals surface area contributed by atoms with E-state index in [0.717, 1.165) is 12.8 Å². The van der Waals surface area contributed by atoms with Crippen LogP contribution in [0.1, 0.15) is 118 Å². The van der Waals surface area contributed by atoms with E-state index in [9.17, 15) is 35.1 Å². The van der Waals surface area contributed by atoms with Crippen LogP contribution in [0.15, 0.2) is 23.3 Å². The van der Waals surface area contributed by atoms with Crippen molar-refractivity contribution in [1.82, 2.24) is 0 Å². The number of carboxylic acids is 1. The second kappa shape index (κ2) is 13.6. The van der Waals surface area contributed by atoms with Gasteiger partial charge in [-0.2, -0.15) is 0 Å². The summed E-state index contributed by atoms with van der Waals surface area (Å²) in [7, 11) is 0. The molecule has 0 aromatic heterocycles. The molecule has 0 radical (unpaired) electrons. The Morgan fingerprint density at radius 1 is 0.929 bits per heavy atom. The van der Waals surface area contributed by atoms with Gasteiger partial charge < -0.3 is 30.6 Å². The molecule has 4 aliphatic rings. The minimum absolute atomic E-state index is 0.0615. The van der Waals surface area contributed by atoms with E-state index in [1.807, 2.05) is 13.8 Å².